The monoisotopic (exact) mass is 370 g/mol. The van der Waals surface area contributed by atoms with Crippen LogP contribution in [0, 0.1) is 10.1 Å². The lowest BCUT2D eigenvalue weighted by atomic mass is 9.78. The minimum absolute atomic E-state index is 0.0762. The van der Waals surface area contributed by atoms with Gasteiger partial charge in [0.2, 0.25) is 0 Å². The number of nitro groups is 1. The molecule has 144 valence electrons. The van der Waals surface area contributed by atoms with Gasteiger partial charge in [0.25, 0.3) is 5.69 Å². The maximum absolute atomic E-state index is 10.7. The van der Waals surface area contributed by atoms with E-state index in [-0.39, 0.29) is 16.5 Å². The highest BCUT2D eigenvalue weighted by Gasteiger charge is 2.26. The van der Waals surface area contributed by atoms with Gasteiger partial charge in [0.15, 0.2) is 0 Å². The molecule has 0 saturated heterocycles. The first-order chi connectivity index (χ1) is 12.4. The topological polar surface area (TPSA) is 101 Å². The van der Waals surface area contributed by atoms with Crippen molar-refractivity contribution >= 4 is 17.7 Å². The quantitative estimate of drug-likeness (QED) is 0.460. The van der Waals surface area contributed by atoms with Crippen LogP contribution in [0.1, 0.15) is 58.2 Å². The van der Waals surface area contributed by atoms with E-state index in [9.17, 15) is 15.2 Å². The van der Waals surface area contributed by atoms with Gasteiger partial charge in [-0.1, -0.05) is 41.5 Å². The summed E-state index contributed by atoms with van der Waals surface area (Å²) >= 11 is 0. The molecule has 7 nitrogen and oxygen atoms in total. The lowest BCUT2D eigenvalue weighted by Gasteiger charge is -2.27. The first-order valence-electron chi connectivity index (χ1n) is 8.67. The van der Waals surface area contributed by atoms with Crippen molar-refractivity contribution < 1.29 is 10.0 Å². The number of phenolic OH excluding ortho intramolecular Hbond substituents is 1. The van der Waals surface area contributed by atoms with Gasteiger partial charge in [0.1, 0.15) is 17.8 Å². The van der Waals surface area contributed by atoms with Crippen LogP contribution in [0.4, 0.5) is 11.5 Å². The molecule has 27 heavy (non-hydrogen) atoms. The van der Waals surface area contributed by atoms with E-state index in [1.54, 1.807) is 6.21 Å². The molecule has 0 bridgehead atoms. The van der Waals surface area contributed by atoms with E-state index in [1.807, 2.05) is 12.1 Å². The number of phenols is 1. The van der Waals surface area contributed by atoms with Crippen molar-refractivity contribution in [3.63, 3.8) is 0 Å². The smallest absolute Gasteiger partial charge is 0.287 e. The molecule has 0 amide bonds. The van der Waals surface area contributed by atoms with Crippen LogP contribution in [0.15, 0.2) is 35.6 Å². The fourth-order valence-corrected chi connectivity index (χ4v) is 2.61. The Hall–Kier alpha value is -2.96. The first kappa shape index (κ1) is 20.4. The molecular weight excluding hydrogens is 344 g/mol. The van der Waals surface area contributed by atoms with Crippen LogP contribution in [0.25, 0.3) is 0 Å². The Morgan fingerprint density at radius 1 is 1.11 bits per heavy atom. The molecule has 1 aromatic heterocycles. The average Bonchev–Trinajstić information content (AvgIpc) is 2.54. The minimum Gasteiger partial charge on any atom is -0.507 e. The van der Waals surface area contributed by atoms with E-state index in [1.165, 1.54) is 18.3 Å². The third kappa shape index (κ3) is 5.03. The molecule has 0 fully saturated rings. The van der Waals surface area contributed by atoms with E-state index >= 15 is 0 Å². The Morgan fingerprint density at radius 3 is 2.07 bits per heavy atom. The molecular formula is C20H26N4O3. The number of nitrogens with one attached hydrogen (secondary N) is 1. The summed E-state index contributed by atoms with van der Waals surface area (Å²) in [4.78, 5) is 14.1. The molecule has 0 aliphatic rings. The van der Waals surface area contributed by atoms with Crippen LogP contribution in [0.2, 0.25) is 0 Å². The molecule has 0 saturated carbocycles. The summed E-state index contributed by atoms with van der Waals surface area (Å²) in [5, 5.41) is 25.6. The SMILES string of the molecule is CC(C)(C)c1cc(/C=N/Nc2ccc([N+](=O)[O-])cn2)cc(C(C)(C)C)c1O. The minimum atomic E-state index is -0.501. The third-order valence-electron chi connectivity index (χ3n) is 4.10. The average molecular weight is 370 g/mol. The van der Waals surface area contributed by atoms with Crippen LogP contribution in [0.3, 0.4) is 0 Å². The van der Waals surface area contributed by atoms with Gasteiger partial charge in [-0.2, -0.15) is 5.10 Å². The zero-order chi connectivity index (χ0) is 20.4. The number of nitrogens with zero attached hydrogens (tertiary/aromatic N) is 3. The number of hydrazone groups is 1. The van der Waals surface area contributed by atoms with Crippen LogP contribution < -0.4 is 5.43 Å². The van der Waals surface area contributed by atoms with E-state index in [4.69, 9.17) is 0 Å². The van der Waals surface area contributed by atoms with Gasteiger partial charge in [0, 0.05) is 17.2 Å². The Balaban J connectivity index is 2.32. The predicted molar refractivity (Wildman–Crippen MR) is 108 cm³/mol. The number of rotatable bonds is 4. The zero-order valence-electron chi connectivity index (χ0n) is 16.6. The second-order valence-electron chi connectivity index (χ2n) is 8.49. The van der Waals surface area contributed by atoms with Crippen LogP contribution in [-0.2, 0) is 10.8 Å². The molecule has 0 spiro atoms. The highest BCUT2D eigenvalue weighted by atomic mass is 16.6. The number of benzene rings is 1. The van der Waals surface area contributed by atoms with Crippen LogP contribution >= 0.6 is 0 Å². The number of hydrogen-bond donors (Lipinski definition) is 2. The number of hydrogen-bond acceptors (Lipinski definition) is 6. The van der Waals surface area contributed by atoms with Crippen molar-refractivity contribution in [2.75, 3.05) is 5.43 Å². The highest BCUT2D eigenvalue weighted by Crippen LogP contribution is 2.39. The molecule has 7 heteroatoms. The molecule has 0 unspecified atom stereocenters. The molecule has 2 rings (SSSR count). The lowest BCUT2D eigenvalue weighted by Crippen LogP contribution is -2.18. The van der Waals surface area contributed by atoms with Gasteiger partial charge in [-0.3, -0.25) is 15.5 Å². The number of aromatic hydroxyl groups is 1. The van der Waals surface area contributed by atoms with Crippen molar-refractivity contribution in [1.82, 2.24) is 4.98 Å². The van der Waals surface area contributed by atoms with Gasteiger partial charge in [-0.05, 0) is 34.6 Å². The number of anilines is 1. The Bertz CT molecular complexity index is 825. The number of pyridine rings is 1. The molecule has 1 heterocycles. The first-order valence-corrected chi connectivity index (χ1v) is 8.67. The van der Waals surface area contributed by atoms with E-state index < -0.39 is 4.92 Å². The Morgan fingerprint density at radius 2 is 1.67 bits per heavy atom. The fourth-order valence-electron chi connectivity index (χ4n) is 2.61. The van der Waals surface area contributed by atoms with Crippen molar-refractivity contribution in [3.8, 4) is 5.75 Å². The van der Waals surface area contributed by atoms with Crippen molar-refractivity contribution in [1.29, 1.82) is 0 Å². The maximum Gasteiger partial charge on any atom is 0.287 e. The largest absolute Gasteiger partial charge is 0.507 e. The maximum atomic E-state index is 10.7. The molecule has 0 radical (unpaired) electrons. The molecule has 0 atom stereocenters. The fraction of sp³-hybridized carbons (Fsp3) is 0.400. The van der Waals surface area contributed by atoms with Gasteiger partial charge in [0.05, 0.1) is 11.1 Å². The molecule has 0 aliphatic heterocycles. The van der Waals surface area contributed by atoms with Crippen molar-refractivity contribution in [3.05, 3.63) is 57.3 Å². The summed E-state index contributed by atoms with van der Waals surface area (Å²) < 4.78 is 0. The van der Waals surface area contributed by atoms with Crippen molar-refractivity contribution in [2.24, 2.45) is 5.10 Å². The Kier molecular flexibility index (Phi) is 5.54. The summed E-state index contributed by atoms with van der Waals surface area (Å²) in [5.41, 5.74) is 4.79. The summed E-state index contributed by atoms with van der Waals surface area (Å²) in [7, 11) is 0. The second-order valence-corrected chi connectivity index (χ2v) is 8.49. The summed E-state index contributed by atoms with van der Waals surface area (Å²) in [6.45, 7) is 12.3. The molecule has 0 aliphatic carbocycles. The second kappa shape index (κ2) is 7.34. The molecule has 2 aromatic rings. The highest BCUT2D eigenvalue weighted by molar-refractivity contribution is 5.82. The van der Waals surface area contributed by atoms with Gasteiger partial charge in [-0.15, -0.1) is 0 Å². The van der Waals surface area contributed by atoms with E-state index in [0.717, 1.165) is 16.7 Å². The summed E-state index contributed by atoms with van der Waals surface area (Å²) in [6, 6.07) is 6.69. The van der Waals surface area contributed by atoms with Gasteiger partial charge in [-0.25, -0.2) is 4.98 Å². The lowest BCUT2D eigenvalue weighted by molar-refractivity contribution is -0.385. The standard InChI is InChI=1S/C20H26N4O3/c1-19(2,3)15-9-13(10-16(18(15)25)20(4,5)6)11-22-23-17-8-7-14(12-21-17)24(26)27/h7-12,25H,1-6H3,(H,21,23)/b22-11+. The summed E-state index contributed by atoms with van der Waals surface area (Å²) in [5.74, 6) is 0.722. The zero-order valence-corrected chi connectivity index (χ0v) is 16.6. The van der Waals surface area contributed by atoms with Crippen LogP contribution in [0.5, 0.6) is 5.75 Å². The van der Waals surface area contributed by atoms with Crippen molar-refractivity contribution in [2.45, 2.75) is 52.4 Å². The van der Waals surface area contributed by atoms with E-state index in [0.29, 0.717) is 11.6 Å². The van der Waals surface area contributed by atoms with Gasteiger partial charge < -0.3 is 5.11 Å². The van der Waals surface area contributed by atoms with Gasteiger partial charge >= 0.3 is 0 Å². The third-order valence-corrected chi connectivity index (χ3v) is 4.10. The molecule has 1 aromatic carbocycles. The predicted octanol–water partition coefficient (Wildman–Crippen LogP) is 4.74. The van der Waals surface area contributed by atoms with E-state index in [2.05, 4.69) is 57.1 Å². The normalized spacial score (nSPS) is 12.4. The Labute approximate surface area is 159 Å². The summed E-state index contributed by atoms with van der Waals surface area (Å²) in [6.07, 6.45) is 2.82. The van der Waals surface area contributed by atoms with Crippen LogP contribution in [-0.4, -0.2) is 21.2 Å². The molecule has 2 N–H and O–H groups in total. The number of aromatic nitrogens is 1.